The van der Waals surface area contributed by atoms with Crippen LogP contribution in [0.5, 0.6) is 5.75 Å². The van der Waals surface area contributed by atoms with Gasteiger partial charge in [-0.2, -0.15) is 5.26 Å². The average Bonchev–Trinajstić information content (AvgIpc) is 3.19. The van der Waals surface area contributed by atoms with Gasteiger partial charge in [0.05, 0.1) is 12.8 Å². The lowest BCUT2D eigenvalue weighted by Gasteiger charge is -2.04. The van der Waals surface area contributed by atoms with Crippen LogP contribution in [0.1, 0.15) is 11.9 Å². The fourth-order valence-corrected chi connectivity index (χ4v) is 3.24. The Hall–Kier alpha value is -3.63. The number of benzene rings is 2. The third-order valence-corrected chi connectivity index (χ3v) is 4.70. The summed E-state index contributed by atoms with van der Waals surface area (Å²) < 4.78 is 5.17. The molecule has 0 radical (unpaired) electrons. The van der Waals surface area contributed by atoms with E-state index in [1.54, 1.807) is 25.4 Å². The minimum atomic E-state index is -0.121. The number of aromatic nitrogens is 1. The number of nitrogens with one attached hydrogen (secondary N) is 2. The minimum Gasteiger partial charge on any atom is -0.497 e. The summed E-state index contributed by atoms with van der Waals surface area (Å²) in [4.78, 5) is 15.6. The van der Waals surface area contributed by atoms with Gasteiger partial charge >= 0.3 is 0 Å². The highest BCUT2D eigenvalue weighted by Crippen LogP contribution is 2.27. The lowest BCUT2D eigenvalue weighted by atomic mass is 10.2. The molecule has 1 heterocycles. The number of amides is 1. The van der Waals surface area contributed by atoms with Crippen molar-refractivity contribution >= 4 is 34.2 Å². The molecule has 0 spiro atoms. The van der Waals surface area contributed by atoms with E-state index >= 15 is 0 Å². The molecule has 0 aliphatic heterocycles. The van der Waals surface area contributed by atoms with Gasteiger partial charge in [-0.25, -0.2) is 4.98 Å². The highest BCUT2D eigenvalue weighted by atomic mass is 32.1. The number of nitrogens with zero attached hydrogens (tertiary/aromatic N) is 2. The number of allylic oxidation sites excluding steroid dienone is 1. The first-order chi connectivity index (χ1) is 13.6. The second kappa shape index (κ2) is 8.84. The van der Waals surface area contributed by atoms with E-state index in [0.29, 0.717) is 16.3 Å². The van der Waals surface area contributed by atoms with Crippen molar-refractivity contribution in [3.05, 3.63) is 65.1 Å². The average molecular weight is 390 g/mol. The van der Waals surface area contributed by atoms with Crippen molar-refractivity contribution in [2.45, 2.75) is 6.92 Å². The van der Waals surface area contributed by atoms with Gasteiger partial charge in [-0.15, -0.1) is 11.3 Å². The largest absolute Gasteiger partial charge is 0.497 e. The summed E-state index contributed by atoms with van der Waals surface area (Å²) in [7, 11) is 1.63. The van der Waals surface area contributed by atoms with Gasteiger partial charge in [0.2, 0.25) is 5.91 Å². The molecule has 0 atom stereocenters. The molecule has 0 saturated carbocycles. The van der Waals surface area contributed by atoms with Gasteiger partial charge in [0.15, 0.2) is 0 Å². The maximum Gasteiger partial charge on any atom is 0.221 e. The van der Waals surface area contributed by atoms with Crippen LogP contribution in [0.15, 0.2) is 60.1 Å². The van der Waals surface area contributed by atoms with Crippen molar-refractivity contribution in [2.24, 2.45) is 0 Å². The Morgan fingerprint density at radius 3 is 2.43 bits per heavy atom. The molecule has 3 aromatic rings. The van der Waals surface area contributed by atoms with Gasteiger partial charge in [-0.3, -0.25) is 4.79 Å². The predicted octanol–water partition coefficient (Wildman–Crippen LogP) is 4.75. The van der Waals surface area contributed by atoms with Gasteiger partial charge < -0.3 is 15.4 Å². The lowest BCUT2D eigenvalue weighted by Crippen LogP contribution is -2.05. The molecule has 7 heteroatoms. The molecular weight excluding hydrogens is 372 g/mol. The van der Waals surface area contributed by atoms with Crippen LogP contribution < -0.4 is 15.4 Å². The van der Waals surface area contributed by atoms with Crippen LogP contribution >= 0.6 is 11.3 Å². The maximum absolute atomic E-state index is 11.1. The van der Waals surface area contributed by atoms with Crippen LogP contribution in [0, 0.1) is 11.3 Å². The second-order valence-corrected chi connectivity index (χ2v) is 6.70. The van der Waals surface area contributed by atoms with Crippen LogP contribution in [0.25, 0.3) is 16.8 Å². The van der Waals surface area contributed by atoms with E-state index in [2.05, 4.69) is 21.7 Å². The number of rotatable bonds is 6. The summed E-state index contributed by atoms with van der Waals surface area (Å²) in [6.07, 6.45) is 1.63. The van der Waals surface area contributed by atoms with E-state index in [1.807, 2.05) is 41.8 Å². The first kappa shape index (κ1) is 19.1. The standard InChI is InChI=1S/C21H18N4O2S/c1-14(26)24-18-7-5-17(6-8-18)23-12-16(11-22)21-25-20(13-28-21)15-3-9-19(27-2)10-4-15/h3-10,12-13,23H,1-2H3,(H,24,26)/b16-12-. The van der Waals surface area contributed by atoms with Crippen molar-refractivity contribution in [1.29, 1.82) is 5.26 Å². The molecule has 28 heavy (non-hydrogen) atoms. The smallest absolute Gasteiger partial charge is 0.221 e. The van der Waals surface area contributed by atoms with Crippen molar-refractivity contribution in [3.63, 3.8) is 0 Å². The number of carbonyl (C=O) groups excluding carboxylic acids is 1. The molecule has 0 fully saturated rings. The third-order valence-electron chi connectivity index (χ3n) is 3.83. The molecule has 0 aliphatic rings. The van der Waals surface area contributed by atoms with Crippen LogP contribution in [-0.2, 0) is 4.79 Å². The molecule has 0 unspecified atom stereocenters. The normalized spacial score (nSPS) is 10.8. The monoisotopic (exact) mass is 390 g/mol. The molecule has 0 bridgehead atoms. The number of carbonyl (C=O) groups is 1. The number of methoxy groups -OCH3 is 1. The Morgan fingerprint density at radius 1 is 1.14 bits per heavy atom. The van der Waals surface area contributed by atoms with Crippen molar-refractivity contribution in [2.75, 3.05) is 17.7 Å². The number of hydrogen-bond donors (Lipinski definition) is 2. The summed E-state index contributed by atoms with van der Waals surface area (Å²) in [5.41, 5.74) is 3.72. The van der Waals surface area contributed by atoms with E-state index in [4.69, 9.17) is 4.74 Å². The van der Waals surface area contributed by atoms with Gasteiger partial charge in [0.25, 0.3) is 0 Å². The maximum atomic E-state index is 11.1. The third kappa shape index (κ3) is 4.75. The number of anilines is 2. The van der Waals surface area contributed by atoms with E-state index in [9.17, 15) is 10.1 Å². The highest BCUT2D eigenvalue weighted by Gasteiger charge is 2.09. The zero-order valence-corrected chi connectivity index (χ0v) is 16.2. The van der Waals surface area contributed by atoms with Crippen LogP contribution in [0.3, 0.4) is 0 Å². The summed E-state index contributed by atoms with van der Waals surface area (Å²) in [5.74, 6) is 0.661. The number of ether oxygens (including phenoxy) is 1. The van der Waals surface area contributed by atoms with Gasteiger partial charge in [0.1, 0.15) is 22.4 Å². The van der Waals surface area contributed by atoms with Gasteiger partial charge in [-0.1, -0.05) is 0 Å². The summed E-state index contributed by atoms with van der Waals surface area (Å²) in [6.45, 7) is 1.46. The highest BCUT2D eigenvalue weighted by molar-refractivity contribution is 7.11. The van der Waals surface area contributed by atoms with E-state index < -0.39 is 0 Å². The Kier molecular flexibility index (Phi) is 6.04. The molecule has 2 N–H and O–H groups in total. The van der Waals surface area contributed by atoms with E-state index in [-0.39, 0.29) is 5.91 Å². The lowest BCUT2D eigenvalue weighted by molar-refractivity contribution is -0.114. The minimum absolute atomic E-state index is 0.121. The summed E-state index contributed by atoms with van der Waals surface area (Å²) in [5, 5.41) is 17.8. The number of thiazole rings is 1. The number of hydrogen-bond acceptors (Lipinski definition) is 6. The summed E-state index contributed by atoms with van der Waals surface area (Å²) in [6, 6.07) is 17.0. The van der Waals surface area contributed by atoms with Gasteiger partial charge in [-0.05, 0) is 48.5 Å². The first-order valence-electron chi connectivity index (χ1n) is 8.44. The fraction of sp³-hybridized carbons (Fsp3) is 0.0952. The van der Waals surface area contributed by atoms with Crippen molar-refractivity contribution < 1.29 is 9.53 Å². The fourth-order valence-electron chi connectivity index (χ4n) is 2.44. The molecule has 0 saturated heterocycles. The first-order valence-corrected chi connectivity index (χ1v) is 9.32. The van der Waals surface area contributed by atoms with Crippen molar-refractivity contribution in [3.8, 4) is 23.1 Å². The molecule has 140 valence electrons. The molecule has 2 aromatic carbocycles. The van der Waals surface area contributed by atoms with E-state index in [1.165, 1.54) is 18.3 Å². The molecule has 0 aliphatic carbocycles. The van der Waals surface area contributed by atoms with E-state index in [0.717, 1.165) is 22.7 Å². The molecule has 3 rings (SSSR count). The molecule has 1 amide bonds. The Labute approximate surface area is 167 Å². The van der Waals surface area contributed by atoms with Crippen molar-refractivity contribution in [1.82, 2.24) is 4.98 Å². The zero-order valence-electron chi connectivity index (χ0n) is 15.4. The predicted molar refractivity (Wildman–Crippen MR) is 112 cm³/mol. The molecular formula is C21H18N4O2S. The molecule has 6 nitrogen and oxygen atoms in total. The Morgan fingerprint density at radius 2 is 1.82 bits per heavy atom. The summed E-state index contributed by atoms with van der Waals surface area (Å²) >= 11 is 1.41. The van der Waals surface area contributed by atoms with Crippen LogP contribution in [0.2, 0.25) is 0 Å². The quantitative estimate of drug-likeness (QED) is 0.593. The number of nitriles is 1. The zero-order chi connectivity index (χ0) is 19.9. The van der Waals surface area contributed by atoms with Crippen LogP contribution in [0.4, 0.5) is 11.4 Å². The second-order valence-electron chi connectivity index (χ2n) is 5.84. The van der Waals surface area contributed by atoms with Crippen LogP contribution in [-0.4, -0.2) is 18.0 Å². The topological polar surface area (TPSA) is 87.0 Å². The SMILES string of the molecule is COc1ccc(-c2csc(/C(C#N)=C\Nc3ccc(NC(C)=O)cc3)n2)cc1. The van der Waals surface area contributed by atoms with Gasteiger partial charge in [0, 0.05) is 35.4 Å². The Balaban J connectivity index is 1.73. The molecule has 1 aromatic heterocycles. The Bertz CT molecular complexity index is 1030.